The van der Waals surface area contributed by atoms with Gasteiger partial charge in [-0.1, -0.05) is 0 Å². The highest BCUT2D eigenvalue weighted by molar-refractivity contribution is 6.06. The summed E-state index contributed by atoms with van der Waals surface area (Å²) in [6.45, 7) is 1.12. The molecule has 1 saturated heterocycles. The summed E-state index contributed by atoms with van der Waals surface area (Å²) >= 11 is 0. The van der Waals surface area contributed by atoms with Gasteiger partial charge in [-0.25, -0.2) is 4.39 Å². The molecule has 1 heterocycles. The van der Waals surface area contributed by atoms with Crippen LogP contribution in [0.15, 0.2) is 36.0 Å². The topological polar surface area (TPSA) is 99.2 Å². The van der Waals surface area contributed by atoms with Crippen molar-refractivity contribution in [2.24, 2.45) is 11.7 Å². The van der Waals surface area contributed by atoms with Crippen molar-refractivity contribution in [1.29, 1.82) is 5.26 Å². The van der Waals surface area contributed by atoms with Crippen LogP contribution in [0.3, 0.4) is 0 Å². The number of piperidine rings is 1. The van der Waals surface area contributed by atoms with E-state index in [1.54, 1.807) is 0 Å². The molecule has 23 heavy (non-hydrogen) atoms. The van der Waals surface area contributed by atoms with Crippen molar-refractivity contribution >= 4 is 17.5 Å². The van der Waals surface area contributed by atoms with Gasteiger partial charge < -0.3 is 16.0 Å². The van der Waals surface area contributed by atoms with Crippen LogP contribution in [0, 0.1) is 23.1 Å². The summed E-state index contributed by atoms with van der Waals surface area (Å²) in [6, 6.07) is 7.14. The van der Waals surface area contributed by atoms with Crippen molar-refractivity contribution in [3.05, 3.63) is 41.9 Å². The maximum Gasteiger partial charge on any atom is 0.267 e. The number of nitrogens with two attached hydrogens (primary N) is 1. The predicted molar refractivity (Wildman–Crippen MR) is 82.2 cm³/mol. The summed E-state index contributed by atoms with van der Waals surface area (Å²) in [5.74, 6) is -1.44. The van der Waals surface area contributed by atoms with Crippen molar-refractivity contribution in [1.82, 2.24) is 4.90 Å². The number of nitrogens with one attached hydrogen (secondary N) is 1. The smallest absolute Gasteiger partial charge is 0.267 e. The lowest BCUT2D eigenvalue weighted by Crippen LogP contribution is -2.36. The highest BCUT2D eigenvalue weighted by Crippen LogP contribution is 2.18. The van der Waals surface area contributed by atoms with E-state index in [4.69, 9.17) is 11.0 Å². The number of hydrogen-bond acceptors (Lipinski definition) is 4. The second kappa shape index (κ2) is 7.40. The molecule has 0 spiro atoms. The maximum absolute atomic E-state index is 12.8. The van der Waals surface area contributed by atoms with E-state index in [0.29, 0.717) is 31.6 Å². The number of halogens is 1. The van der Waals surface area contributed by atoms with Gasteiger partial charge in [0, 0.05) is 30.9 Å². The number of anilines is 1. The Kier molecular flexibility index (Phi) is 5.31. The van der Waals surface area contributed by atoms with Gasteiger partial charge >= 0.3 is 0 Å². The van der Waals surface area contributed by atoms with Crippen molar-refractivity contribution in [2.45, 2.75) is 12.8 Å². The standard InChI is InChI=1S/C16H17FN4O2/c17-13-1-3-14(4-2-13)20-16(23)12(9-18)10-21-7-5-11(6-8-21)15(19)22/h1-4,10-11H,5-8H2,(H2,19,22)(H,20,23). The second-order valence-corrected chi connectivity index (χ2v) is 5.33. The Morgan fingerprint density at radius 2 is 1.91 bits per heavy atom. The van der Waals surface area contributed by atoms with Gasteiger partial charge in [-0.2, -0.15) is 5.26 Å². The van der Waals surface area contributed by atoms with Gasteiger partial charge in [0.1, 0.15) is 17.5 Å². The molecule has 0 unspecified atom stereocenters. The van der Waals surface area contributed by atoms with E-state index in [1.165, 1.54) is 30.5 Å². The number of primary amides is 1. The Labute approximate surface area is 133 Å². The second-order valence-electron chi connectivity index (χ2n) is 5.33. The van der Waals surface area contributed by atoms with Crippen molar-refractivity contribution < 1.29 is 14.0 Å². The Morgan fingerprint density at radius 1 is 1.30 bits per heavy atom. The lowest BCUT2D eigenvalue weighted by molar-refractivity contribution is -0.123. The summed E-state index contributed by atoms with van der Waals surface area (Å²) < 4.78 is 12.8. The fourth-order valence-electron chi connectivity index (χ4n) is 2.37. The predicted octanol–water partition coefficient (Wildman–Crippen LogP) is 1.37. The molecule has 0 atom stereocenters. The molecule has 1 aromatic rings. The third-order valence-corrected chi connectivity index (χ3v) is 3.71. The van der Waals surface area contributed by atoms with Crippen LogP contribution in [0.2, 0.25) is 0 Å². The molecule has 0 bridgehead atoms. The van der Waals surface area contributed by atoms with E-state index < -0.39 is 11.7 Å². The van der Waals surface area contributed by atoms with E-state index in [9.17, 15) is 14.0 Å². The number of carbonyl (C=O) groups is 2. The van der Waals surface area contributed by atoms with Gasteiger partial charge in [0.2, 0.25) is 5.91 Å². The van der Waals surface area contributed by atoms with E-state index in [0.717, 1.165) is 0 Å². The molecule has 1 aliphatic rings. The molecule has 0 aliphatic carbocycles. The first kappa shape index (κ1) is 16.5. The van der Waals surface area contributed by atoms with Crippen LogP contribution < -0.4 is 11.1 Å². The Morgan fingerprint density at radius 3 is 2.43 bits per heavy atom. The molecular weight excluding hydrogens is 299 g/mol. The Bertz CT molecular complexity index is 656. The summed E-state index contributed by atoms with van der Waals surface area (Å²) in [5, 5.41) is 11.7. The zero-order chi connectivity index (χ0) is 16.8. The van der Waals surface area contributed by atoms with Gasteiger partial charge in [0.25, 0.3) is 5.91 Å². The number of nitriles is 1. The average molecular weight is 316 g/mol. The summed E-state index contributed by atoms with van der Waals surface area (Å²) in [6.07, 6.45) is 2.68. The van der Waals surface area contributed by atoms with Crippen molar-refractivity contribution in [3.63, 3.8) is 0 Å². The number of benzene rings is 1. The zero-order valence-corrected chi connectivity index (χ0v) is 12.5. The fourth-order valence-corrected chi connectivity index (χ4v) is 2.37. The third-order valence-electron chi connectivity index (χ3n) is 3.71. The van der Waals surface area contributed by atoms with Gasteiger partial charge in [-0.3, -0.25) is 9.59 Å². The third kappa shape index (κ3) is 4.54. The van der Waals surface area contributed by atoms with Crippen LogP contribution in [0.5, 0.6) is 0 Å². The summed E-state index contributed by atoms with van der Waals surface area (Å²) in [7, 11) is 0. The average Bonchev–Trinajstić information content (AvgIpc) is 2.55. The number of rotatable bonds is 4. The van der Waals surface area contributed by atoms with Gasteiger partial charge in [-0.15, -0.1) is 0 Å². The molecule has 6 nitrogen and oxygen atoms in total. The largest absolute Gasteiger partial charge is 0.376 e. The van der Waals surface area contributed by atoms with Crippen LogP contribution in [0.1, 0.15) is 12.8 Å². The molecule has 1 aromatic carbocycles. The number of amides is 2. The van der Waals surface area contributed by atoms with Crippen LogP contribution in [-0.4, -0.2) is 29.8 Å². The lowest BCUT2D eigenvalue weighted by atomic mass is 9.96. The quantitative estimate of drug-likeness (QED) is 0.647. The first-order valence-electron chi connectivity index (χ1n) is 7.22. The number of nitrogens with zero attached hydrogens (tertiary/aromatic N) is 2. The monoisotopic (exact) mass is 316 g/mol. The Hall–Kier alpha value is -2.88. The molecule has 120 valence electrons. The fraction of sp³-hybridized carbons (Fsp3) is 0.312. The van der Waals surface area contributed by atoms with E-state index in [2.05, 4.69) is 5.32 Å². The SMILES string of the molecule is N#CC(=CN1CCC(C(N)=O)CC1)C(=O)Nc1ccc(F)cc1. The van der Waals surface area contributed by atoms with Crippen LogP contribution in [0.4, 0.5) is 10.1 Å². The summed E-state index contributed by atoms with van der Waals surface area (Å²) in [4.78, 5) is 25.0. The Balaban J connectivity index is 1.99. The first-order chi connectivity index (χ1) is 11.0. The zero-order valence-electron chi connectivity index (χ0n) is 12.5. The number of hydrogen-bond donors (Lipinski definition) is 2. The first-order valence-corrected chi connectivity index (χ1v) is 7.22. The van der Waals surface area contributed by atoms with Gasteiger partial charge in [0.05, 0.1) is 0 Å². The van der Waals surface area contributed by atoms with Crippen LogP contribution in [-0.2, 0) is 9.59 Å². The van der Waals surface area contributed by atoms with Crippen LogP contribution in [0.25, 0.3) is 0 Å². The molecular formula is C16H17FN4O2. The van der Waals surface area contributed by atoms with Gasteiger partial charge in [-0.05, 0) is 37.1 Å². The molecule has 2 amide bonds. The highest BCUT2D eigenvalue weighted by Gasteiger charge is 2.22. The minimum Gasteiger partial charge on any atom is -0.376 e. The van der Waals surface area contributed by atoms with Crippen molar-refractivity contribution in [2.75, 3.05) is 18.4 Å². The normalized spacial score (nSPS) is 15.8. The molecule has 3 N–H and O–H groups in total. The van der Waals surface area contributed by atoms with Gasteiger partial charge in [0.15, 0.2) is 0 Å². The summed E-state index contributed by atoms with van der Waals surface area (Å²) in [5.41, 5.74) is 5.63. The number of carbonyl (C=O) groups excluding carboxylic acids is 2. The molecule has 1 fully saturated rings. The minimum absolute atomic E-state index is 0.0492. The molecule has 7 heteroatoms. The molecule has 0 aromatic heterocycles. The van der Waals surface area contributed by atoms with E-state index in [1.807, 2.05) is 11.0 Å². The molecule has 0 saturated carbocycles. The maximum atomic E-state index is 12.8. The van der Waals surface area contributed by atoms with E-state index >= 15 is 0 Å². The van der Waals surface area contributed by atoms with Crippen molar-refractivity contribution in [3.8, 4) is 6.07 Å². The molecule has 2 rings (SSSR count). The molecule has 1 aliphatic heterocycles. The number of likely N-dealkylation sites (tertiary alicyclic amines) is 1. The van der Waals surface area contributed by atoms with Crippen LogP contribution >= 0.6 is 0 Å². The lowest BCUT2D eigenvalue weighted by Gasteiger charge is -2.29. The highest BCUT2D eigenvalue weighted by atomic mass is 19.1. The van der Waals surface area contributed by atoms with E-state index in [-0.39, 0.29) is 17.4 Å². The minimum atomic E-state index is -0.559. The molecule has 0 radical (unpaired) electrons.